The highest BCUT2D eigenvalue weighted by atomic mass is 16.5. The van der Waals surface area contributed by atoms with Gasteiger partial charge in [-0.05, 0) is 13.5 Å². The van der Waals surface area contributed by atoms with E-state index < -0.39 is 0 Å². The average molecular weight is 241 g/mol. The van der Waals surface area contributed by atoms with Gasteiger partial charge in [0.25, 0.3) is 0 Å². The van der Waals surface area contributed by atoms with Crippen molar-refractivity contribution in [3.8, 4) is 0 Å². The summed E-state index contributed by atoms with van der Waals surface area (Å²) >= 11 is 0. The maximum atomic E-state index is 12.0. The standard InChI is InChI=1S/C14H27NO2/c1-3-4-5-6-7-8-9-14(16)12-10-17-11-13(12)15-2/h12-13,15H,3-11H2,1-2H3. The number of ether oxygens (including phenoxy) is 1. The summed E-state index contributed by atoms with van der Waals surface area (Å²) in [5, 5.41) is 3.17. The van der Waals surface area contributed by atoms with Crippen LogP contribution in [0.4, 0.5) is 0 Å². The maximum absolute atomic E-state index is 12.0. The fourth-order valence-corrected chi connectivity index (χ4v) is 2.42. The van der Waals surface area contributed by atoms with Crippen molar-refractivity contribution in [1.29, 1.82) is 0 Å². The Morgan fingerprint density at radius 2 is 1.88 bits per heavy atom. The number of Topliss-reactive ketones (excluding diaryl/α,β-unsaturated/α-hetero) is 1. The summed E-state index contributed by atoms with van der Waals surface area (Å²) in [6.45, 7) is 3.52. The zero-order chi connectivity index (χ0) is 12.5. The largest absolute Gasteiger partial charge is 0.379 e. The van der Waals surface area contributed by atoms with Crippen molar-refractivity contribution in [2.45, 2.75) is 57.9 Å². The quantitative estimate of drug-likeness (QED) is 0.630. The van der Waals surface area contributed by atoms with Gasteiger partial charge in [0.05, 0.1) is 19.1 Å². The molecule has 1 fully saturated rings. The van der Waals surface area contributed by atoms with Gasteiger partial charge in [-0.1, -0.05) is 39.0 Å². The molecule has 17 heavy (non-hydrogen) atoms. The van der Waals surface area contributed by atoms with Gasteiger partial charge < -0.3 is 10.1 Å². The molecular formula is C14H27NO2. The minimum absolute atomic E-state index is 0.0932. The van der Waals surface area contributed by atoms with Gasteiger partial charge >= 0.3 is 0 Å². The van der Waals surface area contributed by atoms with E-state index in [-0.39, 0.29) is 12.0 Å². The van der Waals surface area contributed by atoms with Crippen molar-refractivity contribution in [2.24, 2.45) is 5.92 Å². The Bertz CT molecular complexity index is 218. The Morgan fingerprint density at radius 1 is 1.18 bits per heavy atom. The van der Waals surface area contributed by atoms with Crippen LogP contribution in [0.5, 0.6) is 0 Å². The maximum Gasteiger partial charge on any atom is 0.139 e. The summed E-state index contributed by atoms with van der Waals surface area (Å²) < 4.78 is 5.36. The highest BCUT2D eigenvalue weighted by Crippen LogP contribution is 2.18. The normalized spacial score (nSPS) is 24.1. The predicted molar refractivity (Wildman–Crippen MR) is 70.2 cm³/mol. The van der Waals surface area contributed by atoms with Crippen LogP contribution in [-0.2, 0) is 9.53 Å². The molecule has 100 valence electrons. The first-order valence-electron chi connectivity index (χ1n) is 7.07. The van der Waals surface area contributed by atoms with Crippen LogP contribution in [0.1, 0.15) is 51.9 Å². The molecule has 0 spiro atoms. The Hall–Kier alpha value is -0.410. The minimum atomic E-state index is 0.0932. The molecule has 3 nitrogen and oxygen atoms in total. The molecule has 1 saturated heterocycles. The zero-order valence-electron chi connectivity index (χ0n) is 11.3. The van der Waals surface area contributed by atoms with Crippen LogP contribution in [-0.4, -0.2) is 32.1 Å². The number of nitrogens with one attached hydrogen (secondary N) is 1. The van der Waals surface area contributed by atoms with Gasteiger partial charge in [-0.2, -0.15) is 0 Å². The fourth-order valence-electron chi connectivity index (χ4n) is 2.42. The highest BCUT2D eigenvalue weighted by Gasteiger charge is 2.31. The van der Waals surface area contributed by atoms with Crippen LogP contribution >= 0.6 is 0 Å². The number of hydrogen-bond acceptors (Lipinski definition) is 3. The third-order valence-corrected chi connectivity index (χ3v) is 3.64. The van der Waals surface area contributed by atoms with E-state index in [9.17, 15) is 4.79 Å². The van der Waals surface area contributed by atoms with Crippen molar-refractivity contribution in [3.63, 3.8) is 0 Å². The Kier molecular flexibility index (Phi) is 7.45. The molecule has 2 unspecified atom stereocenters. The van der Waals surface area contributed by atoms with Crippen LogP contribution in [0.15, 0.2) is 0 Å². The first-order chi connectivity index (χ1) is 8.29. The van der Waals surface area contributed by atoms with Crippen LogP contribution in [0.2, 0.25) is 0 Å². The minimum Gasteiger partial charge on any atom is -0.379 e. The molecule has 1 aliphatic heterocycles. The molecule has 0 aromatic heterocycles. The van der Waals surface area contributed by atoms with Crippen molar-refractivity contribution in [3.05, 3.63) is 0 Å². The van der Waals surface area contributed by atoms with Crippen LogP contribution in [0.3, 0.4) is 0 Å². The van der Waals surface area contributed by atoms with Gasteiger partial charge in [-0.25, -0.2) is 0 Å². The van der Waals surface area contributed by atoms with E-state index in [2.05, 4.69) is 12.2 Å². The molecule has 0 aromatic carbocycles. The van der Waals surface area contributed by atoms with Gasteiger partial charge in [0.2, 0.25) is 0 Å². The third-order valence-electron chi connectivity index (χ3n) is 3.64. The molecular weight excluding hydrogens is 214 g/mol. The molecule has 0 amide bonds. The monoisotopic (exact) mass is 241 g/mol. The molecule has 1 aliphatic rings. The lowest BCUT2D eigenvalue weighted by molar-refractivity contribution is -0.123. The summed E-state index contributed by atoms with van der Waals surface area (Å²) in [6, 6.07) is 0.239. The summed E-state index contributed by atoms with van der Waals surface area (Å²) in [5.41, 5.74) is 0. The number of carbonyl (C=O) groups is 1. The van der Waals surface area contributed by atoms with E-state index >= 15 is 0 Å². The molecule has 3 heteroatoms. The number of carbonyl (C=O) groups excluding carboxylic acids is 1. The van der Waals surface area contributed by atoms with Gasteiger partial charge in [0.15, 0.2) is 0 Å². The molecule has 2 atom stereocenters. The molecule has 1 N–H and O–H groups in total. The Morgan fingerprint density at radius 3 is 2.59 bits per heavy atom. The predicted octanol–water partition coefficient (Wildman–Crippen LogP) is 2.54. The molecule has 0 saturated carbocycles. The molecule has 0 aromatic rings. The third kappa shape index (κ3) is 5.17. The van der Waals surface area contributed by atoms with Gasteiger partial charge in [0.1, 0.15) is 5.78 Å². The number of ketones is 1. The zero-order valence-corrected chi connectivity index (χ0v) is 11.3. The van der Waals surface area contributed by atoms with E-state index in [4.69, 9.17) is 4.74 Å². The summed E-state index contributed by atoms with van der Waals surface area (Å²) in [6.07, 6.45) is 8.18. The smallest absolute Gasteiger partial charge is 0.139 e. The SMILES string of the molecule is CCCCCCCCC(=O)C1COCC1NC. The van der Waals surface area contributed by atoms with Crippen molar-refractivity contribution in [1.82, 2.24) is 5.32 Å². The van der Waals surface area contributed by atoms with E-state index in [1.54, 1.807) is 0 Å². The number of rotatable bonds is 9. The van der Waals surface area contributed by atoms with Gasteiger partial charge in [0, 0.05) is 12.5 Å². The summed E-state index contributed by atoms with van der Waals surface area (Å²) in [7, 11) is 1.91. The van der Waals surface area contributed by atoms with Crippen molar-refractivity contribution >= 4 is 5.78 Å². The lowest BCUT2D eigenvalue weighted by atomic mass is 9.94. The number of unbranched alkanes of at least 4 members (excludes halogenated alkanes) is 5. The second-order valence-electron chi connectivity index (χ2n) is 5.02. The van der Waals surface area contributed by atoms with Crippen LogP contribution in [0, 0.1) is 5.92 Å². The first-order valence-corrected chi connectivity index (χ1v) is 7.07. The average Bonchev–Trinajstić information content (AvgIpc) is 2.81. The van der Waals surface area contributed by atoms with Gasteiger partial charge in [-0.15, -0.1) is 0 Å². The molecule has 0 aliphatic carbocycles. The lowest BCUT2D eigenvalue weighted by Crippen LogP contribution is -2.36. The first kappa shape index (κ1) is 14.7. The van der Waals surface area contributed by atoms with E-state index in [0.717, 1.165) is 12.8 Å². The van der Waals surface area contributed by atoms with Crippen molar-refractivity contribution in [2.75, 3.05) is 20.3 Å². The van der Waals surface area contributed by atoms with Gasteiger partial charge in [-0.3, -0.25) is 4.79 Å². The second-order valence-corrected chi connectivity index (χ2v) is 5.02. The van der Waals surface area contributed by atoms with E-state index in [0.29, 0.717) is 19.0 Å². The van der Waals surface area contributed by atoms with E-state index in [1.165, 1.54) is 32.1 Å². The number of hydrogen-bond donors (Lipinski definition) is 1. The van der Waals surface area contributed by atoms with Crippen LogP contribution in [0.25, 0.3) is 0 Å². The number of likely N-dealkylation sites (N-methyl/N-ethyl adjacent to an activating group) is 1. The molecule has 1 heterocycles. The molecule has 1 rings (SSSR count). The highest BCUT2D eigenvalue weighted by molar-refractivity contribution is 5.82. The lowest BCUT2D eigenvalue weighted by Gasteiger charge is -2.15. The Labute approximate surface area is 105 Å². The molecule has 0 bridgehead atoms. The summed E-state index contributed by atoms with van der Waals surface area (Å²) in [5.74, 6) is 0.480. The second kappa shape index (κ2) is 8.65. The summed E-state index contributed by atoms with van der Waals surface area (Å²) in [4.78, 5) is 12.0. The van der Waals surface area contributed by atoms with E-state index in [1.807, 2.05) is 7.05 Å². The van der Waals surface area contributed by atoms with Crippen molar-refractivity contribution < 1.29 is 9.53 Å². The fraction of sp³-hybridized carbons (Fsp3) is 0.929. The van der Waals surface area contributed by atoms with Crippen LogP contribution < -0.4 is 5.32 Å². The molecule has 0 radical (unpaired) electrons. The Balaban J connectivity index is 2.08. The topological polar surface area (TPSA) is 38.3 Å².